The van der Waals surface area contributed by atoms with Gasteiger partial charge in [-0.05, 0) is 52.6 Å². The summed E-state index contributed by atoms with van der Waals surface area (Å²) in [6.45, 7) is 4.41. The van der Waals surface area contributed by atoms with Gasteiger partial charge < -0.3 is 0 Å². The van der Waals surface area contributed by atoms with E-state index in [1.54, 1.807) is 0 Å². The zero-order valence-electron chi connectivity index (χ0n) is 16.4. The van der Waals surface area contributed by atoms with Crippen LogP contribution in [0.5, 0.6) is 0 Å². The SMILES string of the molecule is CCc1ccccc1C=CCc1ccc(C=Cc2ccccc2CC)cc1. The van der Waals surface area contributed by atoms with E-state index < -0.39 is 0 Å². The number of hydrogen-bond acceptors (Lipinski definition) is 0. The Hall–Kier alpha value is -2.86. The van der Waals surface area contributed by atoms with Gasteiger partial charge in [0.15, 0.2) is 0 Å². The molecule has 0 radical (unpaired) electrons. The molecule has 0 bridgehead atoms. The molecule has 0 aliphatic carbocycles. The van der Waals surface area contributed by atoms with E-state index >= 15 is 0 Å². The average Bonchev–Trinajstić information content (AvgIpc) is 2.73. The Kier molecular flexibility index (Phi) is 6.82. The van der Waals surface area contributed by atoms with Crippen molar-refractivity contribution >= 4 is 18.2 Å². The van der Waals surface area contributed by atoms with Crippen molar-refractivity contribution in [3.8, 4) is 0 Å². The van der Waals surface area contributed by atoms with Gasteiger partial charge in [0.2, 0.25) is 0 Å². The summed E-state index contributed by atoms with van der Waals surface area (Å²) in [7, 11) is 0. The molecule has 0 aliphatic heterocycles. The van der Waals surface area contributed by atoms with Gasteiger partial charge in [0.1, 0.15) is 0 Å². The van der Waals surface area contributed by atoms with Crippen molar-refractivity contribution in [2.45, 2.75) is 33.1 Å². The Labute approximate surface area is 163 Å². The third kappa shape index (κ3) is 5.31. The number of rotatable bonds is 7. The summed E-state index contributed by atoms with van der Waals surface area (Å²) in [4.78, 5) is 0. The number of benzene rings is 3. The molecule has 0 atom stereocenters. The maximum absolute atomic E-state index is 2.26. The molecular weight excluding hydrogens is 324 g/mol. The number of allylic oxidation sites excluding steroid dienone is 1. The molecule has 0 saturated heterocycles. The molecule has 0 aliphatic rings. The molecule has 0 spiro atoms. The maximum atomic E-state index is 2.26. The third-order valence-corrected chi connectivity index (χ3v) is 4.96. The highest BCUT2D eigenvalue weighted by Crippen LogP contribution is 2.15. The fraction of sp³-hybridized carbons (Fsp3) is 0.185. The van der Waals surface area contributed by atoms with Gasteiger partial charge >= 0.3 is 0 Å². The molecule has 0 N–H and O–H groups in total. The van der Waals surface area contributed by atoms with Crippen molar-refractivity contribution in [3.63, 3.8) is 0 Å². The summed E-state index contributed by atoms with van der Waals surface area (Å²) in [6, 6.07) is 26.1. The lowest BCUT2D eigenvalue weighted by Crippen LogP contribution is -1.86. The third-order valence-electron chi connectivity index (χ3n) is 4.96. The Morgan fingerprint density at radius 1 is 0.593 bits per heavy atom. The smallest absolute Gasteiger partial charge is 0.00941 e. The molecule has 0 nitrogen and oxygen atoms in total. The second-order valence-electron chi connectivity index (χ2n) is 6.79. The Bertz CT molecular complexity index is 911. The first kappa shape index (κ1) is 18.9. The molecule has 0 heteroatoms. The van der Waals surface area contributed by atoms with Crippen LogP contribution in [0.3, 0.4) is 0 Å². The van der Waals surface area contributed by atoms with Crippen molar-refractivity contribution in [2.24, 2.45) is 0 Å². The van der Waals surface area contributed by atoms with Crippen LogP contribution in [0, 0.1) is 0 Å². The molecule has 3 aromatic carbocycles. The number of aryl methyl sites for hydroxylation is 2. The van der Waals surface area contributed by atoms with E-state index in [2.05, 4.69) is 111 Å². The van der Waals surface area contributed by atoms with Gasteiger partial charge in [-0.3, -0.25) is 0 Å². The summed E-state index contributed by atoms with van der Waals surface area (Å²) in [5.74, 6) is 0. The van der Waals surface area contributed by atoms with E-state index in [0.29, 0.717) is 0 Å². The van der Waals surface area contributed by atoms with Gasteiger partial charge in [-0.15, -0.1) is 0 Å². The normalized spacial score (nSPS) is 11.5. The Morgan fingerprint density at radius 2 is 1.15 bits per heavy atom. The minimum absolute atomic E-state index is 0.959. The first-order valence-electron chi connectivity index (χ1n) is 9.89. The van der Waals surface area contributed by atoms with Crippen LogP contribution in [0.15, 0.2) is 78.9 Å². The van der Waals surface area contributed by atoms with Crippen LogP contribution in [0.25, 0.3) is 18.2 Å². The number of hydrogen-bond donors (Lipinski definition) is 0. The summed E-state index contributed by atoms with van der Waals surface area (Å²) in [5, 5.41) is 0. The van der Waals surface area contributed by atoms with Crippen LogP contribution in [0.4, 0.5) is 0 Å². The van der Waals surface area contributed by atoms with Crippen molar-refractivity contribution in [1.82, 2.24) is 0 Å². The van der Waals surface area contributed by atoms with Gasteiger partial charge in [-0.25, -0.2) is 0 Å². The lowest BCUT2D eigenvalue weighted by Gasteiger charge is -2.03. The van der Waals surface area contributed by atoms with Gasteiger partial charge in [0, 0.05) is 0 Å². The topological polar surface area (TPSA) is 0 Å². The van der Waals surface area contributed by atoms with Gasteiger partial charge in [-0.1, -0.05) is 111 Å². The highest BCUT2D eigenvalue weighted by Gasteiger charge is 1.97. The Balaban J connectivity index is 1.63. The molecule has 136 valence electrons. The van der Waals surface area contributed by atoms with E-state index in [4.69, 9.17) is 0 Å². The van der Waals surface area contributed by atoms with E-state index in [1.165, 1.54) is 33.4 Å². The molecule has 0 amide bonds. The fourth-order valence-corrected chi connectivity index (χ4v) is 3.31. The van der Waals surface area contributed by atoms with Crippen molar-refractivity contribution < 1.29 is 0 Å². The Morgan fingerprint density at radius 3 is 1.74 bits per heavy atom. The van der Waals surface area contributed by atoms with Gasteiger partial charge in [-0.2, -0.15) is 0 Å². The minimum atomic E-state index is 0.959. The van der Waals surface area contributed by atoms with Crippen LogP contribution >= 0.6 is 0 Å². The van der Waals surface area contributed by atoms with Crippen molar-refractivity contribution in [2.75, 3.05) is 0 Å². The molecule has 0 fully saturated rings. The standard InChI is InChI=1S/C27H28/c1-3-24-11-5-7-13-26(24)15-9-10-22-16-18-23(19-17-22)20-21-27-14-8-6-12-25(27)4-2/h5-9,11-21H,3-4,10H2,1-2H3. The zero-order valence-corrected chi connectivity index (χ0v) is 16.4. The van der Waals surface area contributed by atoms with Crippen LogP contribution in [-0.4, -0.2) is 0 Å². The van der Waals surface area contributed by atoms with Gasteiger partial charge in [0.05, 0.1) is 0 Å². The molecular formula is C27H28. The lowest BCUT2D eigenvalue weighted by atomic mass is 10.0. The quantitative estimate of drug-likeness (QED) is 0.393. The summed E-state index contributed by atoms with van der Waals surface area (Å²) in [6.07, 6.45) is 12.0. The molecule has 3 rings (SSSR count). The van der Waals surface area contributed by atoms with Crippen LogP contribution in [-0.2, 0) is 19.3 Å². The van der Waals surface area contributed by atoms with E-state index in [1.807, 2.05) is 0 Å². The first-order valence-corrected chi connectivity index (χ1v) is 9.89. The van der Waals surface area contributed by atoms with E-state index in [9.17, 15) is 0 Å². The minimum Gasteiger partial charge on any atom is -0.0795 e. The summed E-state index contributed by atoms with van der Waals surface area (Å²) < 4.78 is 0. The van der Waals surface area contributed by atoms with Crippen LogP contribution < -0.4 is 0 Å². The summed E-state index contributed by atoms with van der Waals surface area (Å²) in [5.41, 5.74) is 8.01. The fourth-order valence-electron chi connectivity index (χ4n) is 3.31. The maximum Gasteiger partial charge on any atom is -0.00941 e. The second kappa shape index (κ2) is 9.73. The first-order chi connectivity index (χ1) is 13.3. The highest BCUT2D eigenvalue weighted by atomic mass is 14.0. The van der Waals surface area contributed by atoms with Crippen LogP contribution in [0.2, 0.25) is 0 Å². The lowest BCUT2D eigenvalue weighted by molar-refractivity contribution is 1.13. The zero-order chi connectivity index (χ0) is 18.9. The average molecular weight is 353 g/mol. The van der Waals surface area contributed by atoms with E-state index in [0.717, 1.165) is 19.3 Å². The van der Waals surface area contributed by atoms with Gasteiger partial charge in [0.25, 0.3) is 0 Å². The van der Waals surface area contributed by atoms with E-state index in [-0.39, 0.29) is 0 Å². The predicted molar refractivity (Wildman–Crippen MR) is 120 cm³/mol. The predicted octanol–water partition coefficient (Wildman–Crippen LogP) is 7.24. The molecule has 27 heavy (non-hydrogen) atoms. The molecule has 0 aromatic heterocycles. The van der Waals surface area contributed by atoms with Crippen molar-refractivity contribution in [3.05, 3.63) is 112 Å². The highest BCUT2D eigenvalue weighted by molar-refractivity contribution is 5.71. The van der Waals surface area contributed by atoms with Crippen molar-refractivity contribution in [1.29, 1.82) is 0 Å². The molecule has 3 aromatic rings. The van der Waals surface area contributed by atoms with Crippen LogP contribution in [0.1, 0.15) is 47.2 Å². The molecule has 0 heterocycles. The molecule has 0 unspecified atom stereocenters. The monoisotopic (exact) mass is 352 g/mol. The summed E-state index contributed by atoms with van der Waals surface area (Å²) >= 11 is 0. The largest absolute Gasteiger partial charge is 0.0795 e. The second-order valence-corrected chi connectivity index (χ2v) is 6.79. The molecule has 0 saturated carbocycles.